The van der Waals surface area contributed by atoms with E-state index >= 15 is 0 Å². The number of anilines is 3. The fraction of sp³-hybridized carbons (Fsp3) is 0.0667. The quantitative estimate of drug-likeness (QED) is 0.249. The molecule has 1 aromatic heterocycles. The van der Waals surface area contributed by atoms with Crippen LogP contribution in [0.3, 0.4) is 0 Å². The topological polar surface area (TPSA) is 16.4 Å². The third kappa shape index (κ3) is 3.79. The molecule has 0 aliphatic heterocycles. The minimum absolute atomic E-state index is 0.967. The van der Waals surface area contributed by atoms with Gasteiger partial charge in [-0.2, -0.15) is 0 Å². The Morgan fingerprint density at radius 3 is 2.12 bits per heavy atom. The SMILES string of the molecule is Brc1ccc(N(c2ccccc2)c2ccc(-c3ccc4c5c(oc4c3)CCC=C5)cc2)cc1. The monoisotopic (exact) mass is 491 g/mol. The van der Waals surface area contributed by atoms with Crippen LogP contribution in [-0.4, -0.2) is 0 Å². The predicted octanol–water partition coefficient (Wildman–Crippen LogP) is 9.29. The first-order chi connectivity index (χ1) is 16.3. The zero-order valence-electron chi connectivity index (χ0n) is 18.0. The summed E-state index contributed by atoms with van der Waals surface area (Å²) < 4.78 is 7.25. The Hall–Kier alpha value is -3.56. The number of halogens is 1. The van der Waals surface area contributed by atoms with Crippen molar-refractivity contribution in [3.63, 3.8) is 0 Å². The van der Waals surface area contributed by atoms with Crippen LogP contribution in [0.4, 0.5) is 17.1 Å². The van der Waals surface area contributed by atoms with Gasteiger partial charge in [-0.1, -0.05) is 64.5 Å². The van der Waals surface area contributed by atoms with Gasteiger partial charge in [0.2, 0.25) is 0 Å². The molecule has 0 unspecified atom stereocenters. The number of hydrogen-bond acceptors (Lipinski definition) is 2. The van der Waals surface area contributed by atoms with Crippen LogP contribution in [0.2, 0.25) is 0 Å². The van der Waals surface area contributed by atoms with Gasteiger partial charge in [-0.05, 0) is 78.2 Å². The number of hydrogen-bond donors (Lipinski definition) is 0. The smallest absolute Gasteiger partial charge is 0.135 e. The summed E-state index contributed by atoms with van der Waals surface area (Å²) in [5, 5.41) is 1.20. The molecule has 1 heterocycles. The van der Waals surface area contributed by atoms with Gasteiger partial charge in [0.15, 0.2) is 0 Å². The van der Waals surface area contributed by atoms with Gasteiger partial charge in [0.05, 0.1) is 0 Å². The summed E-state index contributed by atoms with van der Waals surface area (Å²) in [6.07, 6.45) is 6.46. The summed E-state index contributed by atoms with van der Waals surface area (Å²) in [4.78, 5) is 2.27. The molecule has 33 heavy (non-hydrogen) atoms. The molecule has 5 aromatic rings. The molecule has 1 aliphatic carbocycles. The van der Waals surface area contributed by atoms with Gasteiger partial charge >= 0.3 is 0 Å². The summed E-state index contributed by atoms with van der Waals surface area (Å²) in [5.74, 6) is 1.10. The zero-order valence-corrected chi connectivity index (χ0v) is 19.6. The molecule has 0 saturated carbocycles. The first kappa shape index (κ1) is 20.1. The predicted molar refractivity (Wildman–Crippen MR) is 141 cm³/mol. The minimum Gasteiger partial charge on any atom is -0.460 e. The van der Waals surface area contributed by atoms with E-state index in [1.807, 2.05) is 6.07 Å². The first-order valence-corrected chi connectivity index (χ1v) is 12.0. The molecular formula is C30H22BrNO. The Morgan fingerprint density at radius 1 is 0.697 bits per heavy atom. The van der Waals surface area contributed by atoms with Crippen LogP contribution in [0.15, 0.2) is 112 Å². The van der Waals surface area contributed by atoms with Crippen molar-refractivity contribution in [1.29, 1.82) is 0 Å². The third-order valence-corrected chi connectivity index (χ3v) is 6.71. The van der Waals surface area contributed by atoms with Gasteiger partial charge in [0.1, 0.15) is 11.3 Å². The van der Waals surface area contributed by atoms with Crippen LogP contribution in [-0.2, 0) is 6.42 Å². The van der Waals surface area contributed by atoms with Crippen molar-refractivity contribution >= 4 is 50.0 Å². The van der Waals surface area contributed by atoms with Crippen LogP contribution in [0.5, 0.6) is 0 Å². The van der Waals surface area contributed by atoms with E-state index < -0.39 is 0 Å². The van der Waals surface area contributed by atoms with E-state index in [1.165, 1.54) is 22.1 Å². The highest BCUT2D eigenvalue weighted by molar-refractivity contribution is 9.10. The number of fused-ring (bicyclic) bond motifs is 3. The molecule has 2 nitrogen and oxygen atoms in total. The molecule has 0 N–H and O–H groups in total. The van der Waals surface area contributed by atoms with E-state index in [9.17, 15) is 0 Å². The average molecular weight is 492 g/mol. The molecule has 0 atom stereocenters. The number of aryl methyl sites for hydroxylation is 1. The molecule has 0 amide bonds. The van der Waals surface area contributed by atoms with Gasteiger partial charge in [-0.25, -0.2) is 0 Å². The highest BCUT2D eigenvalue weighted by Crippen LogP contribution is 2.37. The summed E-state index contributed by atoms with van der Waals surface area (Å²) in [7, 11) is 0. The standard InChI is InChI=1S/C30H22BrNO/c31-23-13-17-26(18-14-23)32(24-6-2-1-3-7-24)25-15-10-21(11-16-25)22-12-19-28-27-8-4-5-9-29(27)33-30(28)20-22/h1-4,6-8,10-20H,5,9H2. The minimum atomic E-state index is 0.967. The molecule has 0 spiro atoms. The maximum Gasteiger partial charge on any atom is 0.135 e. The van der Waals surface area contributed by atoms with Crippen LogP contribution in [0, 0.1) is 0 Å². The lowest BCUT2D eigenvalue weighted by Gasteiger charge is -2.25. The molecule has 1 aliphatic rings. The van der Waals surface area contributed by atoms with Crippen LogP contribution < -0.4 is 4.90 Å². The molecule has 0 bridgehead atoms. The number of para-hydroxylation sites is 1. The summed E-state index contributed by atoms with van der Waals surface area (Å²) in [5.41, 5.74) is 7.91. The third-order valence-electron chi connectivity index (χ3n) is 6.19. The van der Waals surface area contributed by atoms with E-state index in [4.69, 9.17) is 4.42 Å². The van der Waals surface area contributed by atoms with Crippen molar-refractivity contribution in [2.24, 2.45) is 0 Å². The number of nitrogens with zero attached hydrogens (tertiary/aromatic N) is 1. The lowest BCUT2D eigenvalue weighted by molar-refractivity contribution is 0.546. The van der Waals surface area contributed by atoms with Crippen LogP contribution in [0.25, 0.3) is 28.2 Å². The highest BCUT2D eigenvalue weighted by Gasteiger charge is 2.16. The second-order valence-corrected chi connectivity index (χ2v) is 9.20. The second kappa shape index (κ2) is 8.42. The zero-order chi connectivity index (χ0) is 22.2. The van der Waals surface area contributed by atoms with Crippen LogP contribution >= 0.6 is 15.9 Å². The van der Waals surface area contributed by atoms with Gasteiger partial charge in [-0.3, -0.25) is 0 Å². The molecule has 0 saturated heterocycles. The number of rotatable bonds is 4. The van der Waals surface area contributed by atoms with E-state index in [2.05, 4.69) is 124 Å². The van der Waals surface area contributed by atoms with Crippen molar-refractivity contribution in [2.45, 2.75) is 12.8 Å². The maximum atomic E-state index is 6.18. The Kier molecular flexibility index (Phi) is 5.12. The fourth-order valence-corrected chi connectivity index (χ4v) is 4.81. The summed E-state index contributed by atoms with van der Waals surface area (Å²) >= 11 is 3.55. The molecule has 0 radical (unpaired) electrons. The normalized spacial score (nSPS) is 12.6. The van der Waals surface area contributed by atoms with Gasteiger partial charge in [0, 0.05) is 38.9 Å². The Balaban J connectivity index is 1.38. The van der Waals surface area contributed by atoms with E-state index in [0.29, 0.717) is 0 Å². The van der Waals surface area contributed by atoms with Gasteiger partial charge < -0.3 is 9.32 Å². The van der Waals surface area contributed by atoms with E-state index in [0.717, 1.165) is 45.7 Å². The lowest BCUT2D eigenvalue weighted by Crippen LogP contribution is -2.09. The van der Waals surface area contributed by atoms with Crippen molar-refractivity contribution in [3.05, 3.63) is 119 Å². The van der Waals surface area contributed by atoms with Crippen molar-refractivity contribution in [3.8, 4) is 11.1 Å². The highest BCUT2D eigenvalue weighted by atomic mass is 79.9. The number of benzene rings is 4. The number of furan rings is 1. The molecule has 0 fully saturated rings. The lowest BCUT2D eigenvalue weighted by atomic mass is 10.00. The van der Waals surface area contributed by atoms with Crippen molar-refractivity contribution < 1.29 is 4.42 Å². The Labute approximate surface area is 201 Å². The average Bonchev–Trinajstić information content (AvgIpc) is 3.24. The second-order valence-electron chi connectivity index (χ2n) is 8.29. The van der Waals surface area contributed by atoms with E-state index in [1.54, 1.807) is 0 Å². The molecule has 4 aromatic carbocycles. The van der Waals surface area contributed by atoms with Crippen LogP contribution in [0.1, 0.15) is 17.7 Å². The molecule has 160 valence electrons. The molecule has 3 heteroatoms. The number of allylic oxidation sites excluding steroid dienone is 1. The molecule has 6 rings (SSSR count). The largest absolute Gasteiger partial charge is 0.460 e. The summed E-state index contributed by atoms with van der Waals surface area (Å²) in [6.45, 7) is 0. The van der Waals surface area contributed by atoms with Crippen molar-refractivity contribution in [2.75, 3.05) is 4.90 Å². The fourth-order valence-electron chi connectivity index (χ4n) is 4.55. The molecular weight excluding hydrogens is 470 g/mol. The Bertz CT molecular complexity index is 1450. The van der Waals surface area contributed by atoms with Gasteiger partial charge in [-0.15, -0.1) is 0 Å². The Morgan fingerprint density at radius 2 is 1.36 bits per heavy atom. The summed E-state index contributed by atoms with van der Waals surface area (Å²) in [6, 6.07) is 34.2. The van der Waals surface area contributed by atoms with Crippen molar-refractivity contribution in [1.82, 2.24) is 0 Å². The maximum absolute atomic E-state index is 6.18. The van der Waals surface area contributed by atoms with E-state index in [-0.39, 0.29) is 0 Å². The first-order valence-electron chi connectivity index (χ1n) is 11.2. The van der Waals surface area contributed by atoms with Gasteiger partial charge in [0.25, 0.3) is 0 Å².